The largest absolute Gasteiger partial charge is 0.490 e. The Labute approximate surface area is 94.6 Å². The molecule has 0 aliphatic rings. The first-order valence-electron chi connectivity index (χ1n) is 5.25. The number of methoxy groups -OCH3 is 1. The van der Waals surface area contributed by atoms with Gasteiger partial charge in [0.05, 0.1) is 12.0 Å². The number of ether oxygens (including phenoxy) is 1. The zero-order chi connectivity index (χ0) is 12.0. The first kappa shape index (κ1) is 12.3. The molecule has 0 saturated carbocycles. The number of hydrogen-bond acceptors (Lipinski definition) is 4. The van der Waals surface area contributed by atoms with Crippen LogP contribution in [0.15, 0.2) is 18.2 Å². The van der Waals surface area contributed by atoms with E-state index in [1.165, 1.54) is 13.2 Å². The summed E-state index contributed by atoms with van der Waals surface area (Å²) in [5.41, 5.74) is 0.741. The molecule has 0 amide bonds. The van der Waals surface area contributed by atoms with Gasteiger partial charge in [-0.25, -0.2) is 0 Å². The molecule has 0 heterocycles. The van der Waals surface area contributed by atoms with E-state index in [1.54, 1.807) is 12.1 Å². The van der Waals surface area contributed by atoms with E-state index in [2.05, 4.69) is 12.2 Å². The van der Waals surface area contributed by atoms with Gasteiger partial charge in [0.25, 0.3) is 0 Å². The van der Waals surface area contributed by atoms with E-state index in [0.717, 1.165) is 25.1 Å². The molecule has 0 unspecified atom stereocenters. The first-order chi connectivity index (χ1) is 7.69. The molecule has 16 heavy (non-hydrogen) atoms. The Morgan fingerprint density at radius 1 is 1.50 bits per heavy atom. The average molecular weight is 224 g/mol. The molecule has 1 aromatic carbocycles. The minimum Gasteiger partial charge on any atom is -0.490 e. The van der Waals surface area contributed by atoms with Crippen LogP contribution in [0.1, 0.15) is 19.8 Å². The number of nitro benzene ring substituents is 1. The number of hydrogen-bond donors (Lipinski definition) is 1. The molecule has 0 atom stereocenters. The molecule has 0 bridgehead atoms. The van der Waals surface area contributed by atoms with Crippen LogP contribution >= 0.6 is 0 Å². The number of unbranched alkanes of at least 4 members (excludes halogenated alkanes) is 1. The van der Waals surface area contributed by atoms with Gasteiger partial charge < -0.3 is 10.1 Å². The van der Waals surface area contributed by atoms with Gasteiger partial charge in [-0.15, -0.1) is 0 Å². The molecular weight excluding hydrogens is 208 g/mol. The molecule has 5 nitrogen and oxygen atoms in total. The molecule has 0 aromatic heterocycles. The fraction of sp³-hybridized carbons (Fsp3) is 0.455. The van der Waals surface area contributed by atoms with Crippen LogP contribution in [0.2, 0.25) is 0 Å². The molecule has 0 aliphatic heterocycles. The highest BCUT2D eigenvalue weighted by Gasteiger charge is 2.14. The van der Waals surface area contributed by atoms with Crippen LogP contribution in [0, 0.1) is 10.1 Å². The van der Waals surface area contributed by atoms with Gasteiger partial charge >= 0.3 is 5.69 Å². The standard InChI is InChI=1S/C11H16N2O3/c1-3-4-7-12-9-5-6-11(16-2)10(8-9)13(14)15/h5-6,8,12H,3-4,7H2,1-2H3. The first-order valence-corrected chi connectivity index (χ1v) is 5.25. The number of nitrogens with zero attached hydrogens (tertiary/aromatic N) is 1. The van der Waals surface area contributed by atoms with Crippen molar-refractivity contribution in [3.8, 4) is 5.75 Å². The van der Waals surface area contributed by atoms with Crippen LogP contribution in [0.4, 0.5) is 11.4 Å². The highest BCUT2D eigenvalue weighted by Crippen LogP contribution is 2.29. The third-order valence-electron chi connectivity index (χ3n) is 2.24. The number of nitro groups is 1. The van der Waals surface area contributed by atoms with Crippen LogP contribution in [0.5, 0.6) is 5.75 Å². The lowest BCUT2D eigenvalue weighted by Gasteiger charge is -2.07. The van der Waals surface area contributed by atoms with E-state index >= 15 is 0 Å². The van der Waals surface area contributed by atoms with E-state index < -0.39 is 4.92 Å². The molecule has 5 heteroatoms. The fourth-order valence-electron chi connectivity index (χ4n) is 1.35. The Morgan fingerprint density at radius 2 is 2.25 bits per heavy atom. The van der Waals surface area contributed by atoms with Gasteiger partial charge in [0.15, 0.2) is 5.75 Å². The second-order valence-electron chi connectivity index (χ2n) is 3.42. The highest BCUT2D eigenvalue weighted by molar-refractivity contribution is 5.58. The maximum atomic E-state index is 10.8. The van der Waals surface area contributed by atoms with Gasteiger partial charge in [0.1, 0.15) is 0 Å². The van der Waals surface area contributed by atoms with E-state index in [1.807, 2.05) is 0 Å². The summed E-state index contributed by atoms with van der Waals surface area (Å²) in [5, 5.41) is 13.9. The summed E-state index contributed by atoms with van der Waals surface area (Å²) in [6, 6.07) is 4.88. The smallest absolute Gasteiger partial charge is 0.312 e. The Bertz CT molecular complexity index is 366. The fourth-order valence-corrected chi connectivity index (χ4v) is 1.35. The summed E-state index contributed by atoms with van der Waals surface area (Å²) in [5.74, 6) is 0.283. The summed E-state index contributed by atoms with van der Waals surface area (Å²) in [7, 11) is 1.42. The molecule has 1 N–H and O–H groups in total. The van der Waals surface area contributed by atoms with Crippen LogP contribution < -0.4 is 10.1 Å². The van der Waals surface area contributed by atoms with E-state index in [9.17, 15) is 10.1 Å². The predicted molar refractivity (Wildman–Crippen MR) is 63.0 cm³/mol. The second-order valence-corrected chi connectivity index (χ2v) is 3.42. The summed E-state index contributed by atoms with van der Waals surface area (Å²) in [6.45, 7) is 2.91. The van der Waals surface area contributed by atoms with Crippen molar-refractivity contribution in [2.45, 2.75) is 19.8 Å². The summed E-state index contributed by atoms with van der Waals surface area (Å²) < 4.78 is 4.92. The molecule has 1 aromatic rings. The minimum absolute atomic E-state index is 0.0102. The number of rotatable bonds is 6. The lowest BCUT2D eigenvalue weighted by molar-refractivity contribution is -0.385. The zero-order valence-electron chi connectivity index (χ0n) is 9.53. The number of benzene rings is 1. The second kappa shape index (κ2) is 5.95. The third kappa shape index (κ3) is 3.12. The molecule has 0 saturated heterocycles. The number of anilines is 1. The van der Waals surface area contributed by atoms with Crippen molar-refractivity contribution >= 4 is 11.4 Å². The molecule has 0 fully saturated rings. The van der Waals surface area contributed by atoms with Crippen molar-refractivity contribution in [3.63, 3.8) is 0 Å². The van der Waals surface area contributed by atoms with Gasteiger partial charge in [-0.05, 0) is 18.6 Å². The molecular formula is C11H16N2O3. The monoisotopic (exact) mass is 224 g/mol. The Hall–Kier alpha value is -1.78. The normalized spacial score (nSPS) is 9.88. The van der Waals surface area contributed by atoms with Crippen LogP contribution in [0.25, 0.3) is 0 Å². The summed E-state index contributed by atoms with van der Waals surface area (Å²) in [6.07, 6.45) is 2.13. The Balaban J connectivity index is 2.81. The zero-order valence-corrected chi connectivity index (χ0v) is 9.53. The van der Waals surface area contributed by atoms with Crippen LogP contribution in [0.3, 0.4) is 0 Å². The highest BCUT2D eigenvalue weighted by atomic mass is 16.6. The van der Waals surface area contributed by atoms with Crippen molar-refractivity contribution in [1.29, 1.82) is 0 Å². The maximum absolute atomic E-state index is 10.8. The van der Waals surface area contributed by atoms with Gasteiger partial charge in [0, 0.05) is 18.3 Å². The molecule has 1 rings (SSSR count). The van der Waals surface area contributed by atoms with Gasteiger partial charge in [0.2, 0.25) is 0 Å². The predicted octanol–water partition coefficient (Wildman–Crippen LogP) is 2.82. The lowest BCUT2D eigenvalue weighted by atomic mass is 10.2. The molecule has 0 spiro atoms. The lowest BCUT2D eigenvalue weighted by Crippen LogP contribution is -2.02. The van der Waals surface area contributed by atoms with E-state index in [-0.39, 0.29) is 11.4 Å². The average Bonchev–Trinajstić information content (AvgIpc) is 2.29. The molecule has 88 valence electrons. The van der Waals surface area contributed by atoms with Gasteiger partial charge in [-0.3, -0.25) is 10.1 Å². The molecule has 0 radical (unpaired) electrons. The van der Waals surface area contributed by atoms with Crippen molar-refractivity contribution in [3.05, 3.63) is 28.3 Å². The van der Waals surface area contributed by atoms with Crippen LogP contribution in [-0.2, 0) is 0 Å². The van der Waals surface area contributed by atoms with Crippen molar-refractivity contribution in [2.75, 3.05) is 19.0 Å². The SMILES string of the molecule is CCCCNc1ccc(OC)c([N+](=O)[O-])c1. The van der Waals surface area contributed by atoms with Crippen molar-refractivity contribution < 1.29 is 9.66 Å². The molecule has 0 aliphatic carbocycles. The minimum atomic E-state index is -0.441. The number of nitrogens with one attached hydrogen (secondary N) is 1. The van der Waals surface area contributed by atoms with Crippen LogP contribution in [-0.4, -0.2) is 18.6 Å². The topological polar surface area (TPSA) is 64.4 Å². The summed E-state index contributed by atoms with van der Waals surface area (Å²) in [4.78, 5) is 10.3. The van der Waals surface area contributed by atoms with Crippen molar-refractivity contribution in [1.82, 2.24) is 0 Å². The third-order valence-corrected chi connectivity index (χ3v) is 2.24. The Morgan fingerprint density at radius 3 is 2.81 bits per heavy atom. The van der Waals surface area contributed by atoms with Crippen molar-refractivity contribution in [2.24, 2.45) is 0 Å². The van der Waals surface area contributed by atoms with Gasteiger partial charge in [-0.2, -0.15) is 0 Å². The van der Waals surface area contributed by atoms with E-state index in [0.29, 0.717) is 0 Å². The van der Waals surface area contributed by atoms with Gasteiger partial charge in [-0.1, -0.05) is 13.3 Å². The maximum Gasteiger partial charge on any atom is 0.312 e. The Kier molecular flexibility index (Phi) is 4.57. The quantitative estimate of drug-likeness (QED) is 0.458. The van der Waals surface area contributed by atoms with E-state index in [4.69, 9.17) is 4.74 Å². The summed E-state index contributed by atoms with van der Waals surface area (Å²) >= 11 is 0.